The number of hydrogen-bond acceptors (Lipinski definition) is 4. The Balaban J connectivity index is 1.17. The Morgan fingerprint density at radius 3 is 0.868 bits per heavy atom. The number of phenols is 2. The van der Waals surface area contributed by atoms with Gasteiger partial charge < -0.3 is 28.8 Å². The van der Waals surface area contributed by atoms with Crippen LogP contribution in [0.5, 0.6) is 23.0 Å². The molecule has 0 aliphatic carbocycles. The van der Waals surface area contributed by atoms with E-state index in [2.05, 4.69) is 246 Å². The molecule has 0 spiro atoms. The van der Waals surface area contributed by atoms with E-state index in [4.69, 9.17) is 9.47 Å². The number of ether oxygens (including phenoxy) is 2. The van der Waals surface area contributed by atoms with Crippen LogP contribution < -0.4 is 9.47 Å². The Labute approximate surface area is 541 Å². The molecule has 91 heavy (non-hydrogen) atoms. The Hall–Kier alpha value is -7.58. The van der Waals surface area contributed by atoms with Crippen molar-refractivity contribution >= 4 is 43.6 Å². The normalized spacial score (nSPS) is 13.4. The summed E-state index contributed by atoms with van der Waals surface area (Å²) in [4.78, 5) is 0. The van der Waals surface area contributed by atoms with E-state index in [0.29, 0.717) is 56.3 Å². The summed E-state index contributed by atoms with van der Waals surface area (Å²) in [6.45, 7) is 52.1. The van der Waals surface area contributed by atoms with Crippen molar-refractivity contribution in [1.82, 2.24) is 9.13 Å². The van der Waals surface area contributed by atoms with Gasteiger partial charge in [0.25, 0.3) is 0 Å². The molecule has 0 unspecified atom stereocenters. The lowest BCUT2D eigenvalue weighted by Crippen LogP contribution is -2.25. The molecule has 0 bridgehead atoms. The predicted molar refractivity (Wildman–Crippen MR) is 380 cm³/mol. The van der Waals surface area contributed by atoms with Gasteiger partial charge in [0, 0.05) is 43.8 Å². The molecule has 2 heterocycles. The molecule has 0 saturated heterocycles. The molecule has 6 nitrogen and oxygen atoms in total. The van der Waals surface area contributed by atoms with Gasteiger partial charge in [0.2, 0.25) is 6.79 Å². The minimum absolute atomic E-state index is 0.0306. The number of nitrogens with zero attached hydrogens (tertiary/aromatic N) is 2. The Morgan fingerprint density at radius 2 is 0.615 bits per heavy atom. The molecule has 8 heteroatoms. The average molecular weight is 1230 g/mol. The fourth-order valence-corrected chi connectivity index (χ4v) is 14.4. The van der Waals surface area contributed by atoms with Crippen molar-refractivity contribution in [1.29, 1.82) is 0 Å². The Morgan fingerprint density at radius 1 is 0.341 bits per heavy atom. The van der Waals surface area contributed by atoms with Crippen LogP contribution in [0.4, 0.5) is 8.78 Å². The number of halogens is 2. The highest BCUT2D eigenvalue weighted by atomic mass is 19.1. The smallest absolute Gasteiger partial charge is 0.230 e. The zero-order chi connectivity index (χ0) is 67.0. The van der Waals surface area contributed by atoms with Gasteiger partial charge in [-0.15, -0.1) is 0 Å². The van der Waals surface area contributed by atoms with Gasteiger partial charge in [-0.05, 0) is 187 Å². The summed E-state index contributed by atoms with van der Waals surface area (Å²) >= 11 is 0. The molecule has 0 fully saturated rings. The maximum Gasteiger partial charge on any atom is 0.230 e. The van der Waals surface area contributed by atoms with Crippen molar-refractivity contribution in [2.24, 2.45) is 10.8 Å². The highest BCUT2D eigenvalue weighted by Gasteiger charge is 2.35. The molecule has 8 aromatic carbocycles. The number of hydrogen-bond donors (Lipinski definition) is 2. The number of aromatic hydroxyl groups is 2. The number of benzene rings is 8. The number of aromatic nitrogens is 2. The van der Waals surface area contributed by atoms with Gasteiger partial charge >= 0.3 is 0 Å². The SMILES string of the molecule is Cc1cc(F)cc(-c2cc(C(C)(C)CC(C)(C)C)cc(-n3c4cc(C(C)(C)C)ccc4c4ccc(C(C)(C)C)cc43)c2O)c1OCOc1c(C)cc(F)cc1-c1cc(C(C)(C)CC(C)(C)C)cc(-n2c3cc(C(C)(C)C)ccc3c3ccc(C(C)(C)C)cc32)c1O. The lowest BCUT2D eigenvalue weighted by molar-refractivity contribution is 0.119. The molecular weight excluding hydrogens is 1130 g/mol. The summed E-state index contributed by atoms with van der Waals surface area (Å²) in [5, 5.41) is 30.9. The third kappa shape index (κ3) is 13.0. The standard InChI is InChI=1S/C83H100F2N2O4/c1-48-33-56(84)43-64(62-35-54(82(21,22)45-76(3,4)5)41-70(72(62)88)86-66-37-50(78(9,10)11)25-29-58(66)59-30-26-51(38-67(59)86)79(12,13)14)74(48)90-47-91-75-49(2)34-57(85)44-65(75)63-36-55(83(23,24)46-77(6,7)8)42-71(73(63)89)87-68-39-52(80(15,16)17)27-31-60(68)61-32-28-53(40-69(61)87)81(18,19)20/h25-44,88-89H,45-47H2,1-24H3. The van der Waals surface area contributed by atoms with Crippen molar-refractivity contribution in [3.05, 3.63) is 177 Å². The zero-order valence-electron chi connectivity index (χ0n) is 59.0. The van der Waals surface area contributed by atoms with Crippen molar-refractivity contribution in [3.8, 4) is 56.6 Å². The molecule has 10 rings (SSSR count). The summed E-state index contributed by atoms with van der Waals surface area (Å²) in [7, 11) is 0. The summed E-state index contributed by atoms with van der Waals surface area (Å²) in [5.41, 5.74) is 12.3. The molecular formula is C83H100F2N2O4. The minimum atomic E-state index is -0.493. The topological polar surface area (TPSA) is 68.8 Å². The molecule has 2 aromatic heterocycles. The molecule has 0 atom stereocenters. The maximum absolute atomic E-state index is 16.5. The van der Waals surface area contributed by atoms with Gasteiger partial charge in [-0.2, -0.15) is 0 Å². The minimum Gasteiger partial charge on any atom is -0.505 e. The van der Waals surface area contributed by atoms with Crippen LogP contribution in [0.2, 0.25) is 0 Å². The molecule has 0 radical (unpaired) electrons. The summed E-state index contributed by atoms with van der Waals surface area (Å²) in [5.74, 6) is -0.421. The van der Waals surface area contributed by atoms with Crippen LogP contribution in [0.25, 0.3) is 77.2 Å². The molecule has 0 aliphatic rings. The quantitative estimate of drug-likeness (QED) is 0.120. The van der Waals surface area contributed by atoms with E-state index in [1.165, 1.54) is 24.3 Å². The van der Waals surface area contributed by atoms with Crippen molar-refractivity contribution < 1.29 is 28.5 Å². The molecule has 10 aromatic rings. The molecule has 480 valence electrons. The monoisotopic (exact) mass is 1230 g/mol. The second kappa shape index (κ2) is 22.6. The lowest BCUT2D eigenvalue weighted by atomic mass is 9.71. The third-order valence-corrected chi connectivity index (χ3v) is 18.6. The number of phenolic OH excluding ortho intramolecular Hbond substituents is 2. The highest BCUT2D eigenvalue weighted by Crippen LogP contribution is 2.51. The van der Waals surface area contributed by atoms with Crippen LogP contribution >= 0.6 is 0 Å². The fourth-order valence-electron chi connectivity index (χ4n) is 14.4. The second-order valence-electron chi connectivity index (χ2n) is 34.2. The maximum atomic E-state index is 16.5. The van der Waals surface area contributed by atoms with Crippen LogP contribution in [-0.2, 0) is 32.5 Å². The molecule has 0 saturated carbocycles. The first-order valence-electron chi connectivity index (χ1n) is 32.6. The Kier molecular flexibility index (Phi) is 16.5. The van der Waals surface area contributed by atoms with Crippen LogP contribution in [0.15, 0.2) is 121 Å². The fraction of sp³-hybridized carbons (Fsp3) is 0.422. The first kappa shape index (κ1) is 66.3. The van der Waals surface area contributed by atoms with Gasteiger partial charge in [-0.25, -0.2) is 8.78 Å². The molecule has 2 N–H and O–H groups in total. The van der Waals surface area contributed by atoms with E-state index >= 15 is 8.78 Å². The van der Waals surface area contributed by atoms with Gasteiger partial charge in [0.05, 0.1) is 33.4 Å². The van der Waals surface area contributed by atoms with E-state index in [1.54, 1.807) is 13.8 Å². The summed E-state index contributed by atoms with van der Waals surface area (Å²) < 4.78 is 51.0. The van der Waals surface area contributed by atoms with E-state index in [9.17, 15) is 10.2 Å². The molecule has 0 aliphatic heterocycles. The average Bonchev–Trinajstić information content (AvgIpc) is 1.63. The molecule has 0 amide bonds. The van der Waals surface area contributed by atoms with Gasteiger partial charge in [-0.1, -0.05) is 201 Å². The highest BCUT2D eigenvalue weighted by molar-refractivity contribution is 6.11. The Bertz CT molecular complexity index is 4070. The van der Waals surface area contributed by atoms with Crippen molar-refractivity contribution in [2.75, 3.05) is 6.79 Å². The lowest BCUT2D eigenvalue weighted by Gasteiger charge is -2.34. The van der Waals surface area contributed by atoms with Crippen LogP contribution in [-0.4, -0.2) is 26.1 Å². The zero-order valence-corrected chi connectivity index (χ0v) is 59.0. The number of rotatable bonds is 12. The van der Waals surface area contributed by atoms with Gasteiger partial charge in [-0.3, -0.25) is 0 Å². The van der Waals surface area contributed by atoms with Crippen molar-refractivity contribution in [3.63, 3.8) is 0 Å². The van der Waals surface area contributed by atoms with Crippen LogP contribution in [0, 0.1) is 36.3 Å². The van der Waals surface area contributed by atoms with Crippen LogP contribution in [0.1, 0.15) is 210 Å². The van der Waals surface area contributed by atoms with Gasteiger partial charge in [0.1, 0.15) is 34.6 Å². The largest absolute Gasteiger partial charge is 0.505 e. The van der Waals surface area contributed by atoms with Gasteiger partial charge in [0.15, 0.2) is 0 Å². The first-order chi connectivity index (χ1) is 41.8. The predicted octanol–water partition coefficient (Wildman–Crippen LogP) is 23.6. The van der Waals surface area contributed by atoms with E-state index in [-0.39, 0.29) is 50.8 Å². The van der Waals surface area contributed by atoms with Crippen LogP contribution in [0.3, 0.4) is 0 Å². The third-order valence-electron chi connectivity index (χ3n) is 18.6. The van der Waals surface area contributed by atoms with E-state index in [1.807, 2.05) is 12.1 Å². The number of aryl methyl sites for hydroxylation is 2. The summed E-state index contributed by atoms with van der Waals surface area (Å²) in [6, 6.07) is 40.6. The van der Waals surface area contributed by atoms with Crippen molar-refractivity contribution in [2.45, 2.75) is 212 Å². The second-order valence-corrected chi connectivity index (χ2v) is 34.2. The summed E-state index contributed by atoms with van der Waals surface area (Å²) in [6.07, 6.45) is 1.61. The first-order valence-corrected chi connectivity index (χ1v) is 32.6. The van der Waals surface area contributed by atoms with E-state index in [0.717, 1.165) is 89.8 Å². The van der Waals surface area contributed by atoms with E-state index < -0.39 is 22.5 Å². The number of fused-ring (bicyclic) bond motifs is 6.